The summed E-state index contributed by atoms with van der Waals surface area (Å²) in [5.74, 6) is 1.90. The lowest BCUT2D eigenvalue weighted by atomic mass is 9.92. The maximum atomic E-state index is 5.98. The van der Waals surface area contributed by atoms with E-state index in [2.05, 4.69) is 24.3 Å². The molecule has 1 fully saturated rings. The van der Waals surface area contributed by atoms with Crippen LogP contribution in [0, 0.1) is 0 Å². The van der Waals surface area contributed by atoms with E-state index in [1.807, 2.05) is 0 Å². The number of nitrogens with two attached hydrogens (primary N) is 1. The summed E-state index contributed by atoms with van der Waals surface area (Å²) >= 11 is 0. The quantitative estimate of drug-likeness (QED) is 0.894. The molecule has 0 atom stereocenters. The minimum atomic E-state index is 0. The van der Waals surface area contributed by atoms with E-state index < -0.39 is 0 Å². The van der Waals surface area contributed by atoms with Gasteiger partial charge in [0.2, 0.25) is 5.95 Å². The van der Waals surface area contributed by atoms with Gasteiger partial charge in [0.15, 0.2) is 0 Å². The van der Waals surface area contributed by atoms with Crippen molar-refractivity contribution in [1.82, 2.24) is 9.97 Å². The second kappa shape index (κ2) is 7.47. The SMILES string of the molecule is CN(C)c1nc(N[C@H]2CC[C@@H](N)CC2)nc2c1CCCC2.Cl. The second-order valence-electron chi connectivity index (χ2n) is 6.65. The van der Waals surface area contributed by atoms with Gasteiger partial charge in [0.05, 0.1) is 5.69 Å². The molecule has 1 heterocycles. The van der Waals surface area contributed by atoms with Gasteiger partial charge >= 0.3 is 0 Å². The molecule has 1 aromatic heterocycles. The first-order valence-electron chi connectivity index (χ1n) is 8.22. The fourth-order valence-electron chi connectivity index (χ4n) is 3.45. The zero-order valence-corrected chi connectivity index (χ0v) is 14.5. The molecule has 0 aliphatic heterocycles. The molecule has 0 unspecified atom stereocenters. The van der Waals surface area contributed by atoms with Gasteiger partial charge in [-0.1, -0.05) is 0 Å². The maximum Gasteiger partial charge on any atom is 0.225 e. The molecule has 124 valence electrons. The lowest BCUT2D eigenvalue weighted by Gasteiger charge is -2.28. The highest BCUT2D eigenvalue weighted by Gasteiger charge is 2.22. The van der Waals surface area contributed by atoms with E-state index in [1.54, 1.807) is 0 Å². The number of anilines is 2. The molecule has 3 rings (SSSR count). The third kappa shape index (κ3) is 3.82. The lowest BCUT2D eigenvalue weighted by molar-refractivity contribution is 0.409. The molecule has 2 aliphatic carbocycles. The molecule has 1 saturated carbocycles. The molecule has 22 heavy (non-hydrogen) atoms. The Kier molecular flexibility index (Phi) is 5.87. The number of aromatic nitrogens is 2. The zero-order valence-electron chi connectivity index (χ0n) is 13.6. The van der Waals surface area contributed by atoms with Crippen molar-refractivity contribution in [2.24, 2.45) is 5.73 Å². The number of hydrogen-bond acceptors (Lipinski definition) is 5. The Balaban J connectivity index is 0.00000176. The Labute approximate surface area is 139 Å². The minimum absolute atomic E-state index is 0. The molecule has 0 amide bonds. The molecule has 0 saturated heterocycles. The molecule has 0 aromatic carbocycles. The number of hydrogen-bond donors (Lipinski definition) is 2. The van der Waals surface area contributed by atoms with Gasteiger partial charge < -0.3 is 16.0 Å². The lowest BCUT2D eigenvalue weighted by Crippen LogP contribution is -2.33. The van der Waals surface area contributed by atoms with Crippen LogP contribution in [0.25, 0.3) is 0 Å². The standard InChI is InChI=1S/C16H27N5.ClH/c1-21(2)15-13-5-3-4-6-14(13)19-16(20-15)18-12-9-7-11(17)8-10-12;/h11-12H,3-10,17H2,1-2H3,(H,18,19,20);1H/t11-,12+;. The summed E-state index contributed by atoms with van der Waals surface area (Å²) in [5, 5.41) is 3.54. The Hall–Kier alpha value is -1.07. The first-order valence-corrected chi connectivity index (χ1v) is 8.22. The Morgan fingerprint density at radius 1 is 1.05 bits per heavy atom. The summed E-state index contributed by atoms with van der Waals surface area (Å²) in [6.45, 7) is 0. The van der Waals surface area contributed by atoms with E-state index in [0.717, 1.165) is 50.3 Å². The Morgan fingerprint density at radius 2 is 1.73 bits per heavy atom. The van der Waals surface area contributed by atoms with Crippen molar-refractivity contribution in [3.63, 3.8) is 0 Å². The summed E-state index contributed by atoms with van der Waals surface area (Å²) in [5.41, 5.74) is 8.57. The fraction of sp³-hybridized carbons (Fsp3) is 0.750. The molecule has 1 aromatic rings. The minimum Gasteiger partial charge on any atom is -0.362 e. The fourth-order valence-corrected chi connectivity index (χ4v) is 3.45. The van der Waals surface area contributed by atoms with Crippen molar-refractivity contribution >= 4 is 24.2 Å². The average molecular weight is 326 g/mol. The van der Waals surface area contributed by atoms with Crippen LogP contribution in [0.4, 0.5) is 11.8 Å². The molecular weight excluding hydrogens is 298 g/mol. The predicted octanol–water partition coefficient (Wildman–Crippen LogP) is 2.53. The van der Waals surface area contributed by atoms with Gasteiger partial charge in [-0.05, 0) is 51.4 Å². The predicted molar refractivity (Wildman–Crippen MR) is 94.1 cm³/mol. The molecule has 0 bridgehead atoms. The van der Waals surface area contributed by atoms with Crippen molar-refractivity contribution in [1.29, 1.82) is 0 Å². The van der Waals surface area contributed by atoms with Crippen molar-refractivity contribution in [3.05, 3.63) is 11.3 Å². The number of fused-ring (bicyclic) bond motifs is 1. The summed E-state index contributed by atoms with van der Waals surface area (Å²) in [6.07, 6.45) is 9.15. The van der Waals surface area contributed by atoms with Gasteiger partial charge in [0.25, 0.3) is 0 Å². The van der Waals surface area contributed by atoms with Gasteiger partial charge in [-0.2, -0.15) is 4.98 Å². The van der Waals surface area contributed by atoms with Crippen LogP contribution in [-0.2, 0) is 12.8 Å². The van der Waals surface area contributed by atoms with Crippen molar-refractivity contribution in [3.8, 4) is 0 Å². The summed E-state index contributed by atoms with van der Waals surface area (Å²) < 4.78 is 0. The second-order valence-corrected chi connectivity index (χ2v) is 6.65. The molecule has 2 aliphatic rings. The smallest absolute Gasteiger partial charge is 0.225 e. The van der Waals surface area contributed by atoms with Gasteiger partial charge in [0, 0.05) is 31.7 Å². The monoisotopic (exact) mass is 325 g/mol. The summed E-state index contributed by atoms with van der Waals surface area (Å²) in [7, 11) is 4.14. The highest BCUT2D eigenvalue weighted by Crippen LogP contribution is 2.29. The number of aryl methyl sites for hydroxylation is 1. The van der Waals surface area contributed by atoms with Gasteiger partial charge in [0.1, 0.15) is 5.82 Å². The van der Waals surface area contributed by atoms with Crippen LogP contribution >= 0.6 is 12.4 Å². The Bertz CT molecular complexity index is 498. The van der Waals surface area contributed by atoms with Crippen LogP contribution in [-0.4, -0.2) is 36.1 Å². The van der Waals surface area contributed by atoms with E-state index in [-0.39, 0.29) is 12.4 Å². The summed E-state index contributed by atoms with van der Waals surface area (Å²) in [4.78, 5) is 11.7. The number of halogens is 1. The Morgan fingerprint density at radius 3 is 2.41 bits per heavy atom. The molecule has 0 radical (unpaired) electrons. The normalized spacial score (nSPS) is 24.1. The first-order chi connectivity index (χ1) is 10.1. The number of nitrogens with zero attached hydrogens (tertiary/aromatic N) is 3. The van der Waals surface area contributed by atoms with Gasteiger partial charge in [-0.3, -0.25) is 0 Å². The third-order valence-electron chi connectivity index (χ3n) is 4.69. The largest absolute Gasteiger partial charge is 0.362 e. The van der Waals surface area contributed by atoms with Crippen molar-refractivity contribution in [2.45, 2.75) is 63.5 Å². The zero-order chi connectivity index (χ0) is 14.8. The van der Waals surface area contributed by atoms with Crippen LogP contribution < -0.4 is 16.0 Å². The van der Waals surface area contributed by atoms with Gasteiger partial charge in [-0.15, -0.1) is 12.4 Å². The highest BCUT2D eigenvalue weighted by atomic mass is 35.5. The maximum absolute atomic E-state index is 5.98. The van der Waals surface area contributed by atoms with Crippen LogP contribution in [0.1, 0.15) is 49.8 Å². The highest BCUT2D eigenvalue weighted by molar-refractivity contribution is 5.85. The van der Waals surface area contributed by atoms with E-state index in [9.17, 15) is 0 Å². The number of rotatable bonds is 3. The van der Waals surface area contributed by atoms with Crippen LogP contribution in [0.3, 0.4) is 0 Å². The van der Waals surface area contributed by atoms with E-state index in [0.29, 0.717) is 12.1 Å². The van der Waals surface area contributed by atoms with Gasteiger partial charge in [-0.25, -0.2) is 4.98 Å². The number of nitrogens with one attached hydrogen (secondary N) is 1. The topological polar surface area (TPSA) is 67.1 Å². The van der Waals surface area contributed by atoms with Crippen LogP contribution in [0.15, 0.2) is 0 Å². The van der Waals surface area contributed by atoms with E-state index in [4.69, 9.17) is 15.7 Å². The molecule has 5 nitrogen and oxygen atoms in total. The average Bonchev–Trinajstić information content (AvgIpc) is 2.48. The molecule has 0 spiro atoms. The molecule has 6 heteroatoms. The van der Waals surface area contributed by atoms with Crippen molar-refractivity contribution in [2.75, 3.05) is 24.3 Å². The summed E-state index contributed by atoms with van der Waals surface area (Å²) in [6, 6.07) is 0.853. The first kappa shape index (κ1) is 17.3. The van der Waals surface area contributed by atoms with Crippen molar-refractivity contribution < 1.29 is 0 Å². The van der Waals surface area contributed by atoms with E-state index >= 15 is 0 Å². The van der Waals surface area contributed by atoms with E-state index in [1.165, 1.54) is 24.1 Å². The van der Waals surface area contributed by atoms with Crippen LogP contribution in [0.5, 0.6) is 0 Å². The third-order valence-corrected chi connectivity index (χ3v) is 4.69. The van der Waals surface area contributed by atoms with Crippen LogP contribution in [0.2, 0.25) is 0 Å². The molecular formula is C16H28ClN5. The molecule has 3 N–H and O–H groups in total.